The molecule has 2 aromatic heterocycles. The minimum Gasteiger partial charge on any atom is -0.475 e. The summed E-state index contributed by atoms with van der Waals surface area (Å²) in [5.74, 6) is -1.20. The molecule has 1 aromatic carbocycles. The molecule has 3 rings (SSSR count). The van der Waals surface area contributed by atoms with Crippen LogP contribution in [0.25, 0.3) is 22.6 Å². The Labute approximate surface area is 137 Å². The van der Waals surface area contributed by atoms with Gasteiger partial charge in [-0.1, -0.05) is 0 Å². The third-order valence-corrected chi connectivity index (χ3v) is 3.74. The second kappa shape index (κ2) is 5.88. The molecule has 0 radical (unpaired) electrons. The van der Waals surface area contributed by atoms with Crippen molar-refractivity contribution in [2.75, 3.05) is 11.9 Å². The van der Waals surface area contributed by atoms with Crippen LogP contribution in [0.5, 0.6) is 0 Å². The summed E-state index contributed by atoms with van der Waals surface area (Å²) < 4.78 is 13.2. The van der Waals surface area contributed by atoms with Crippen LogP contribution >= 0.6 is 0 Å². The Hall–Kier alpha value is -3.03. The van der Waals surface area contributed by atoms with E-state index in [0.717, 1.165) is 0 Å². The van der Waals surface area contributed by atoms with Gasteiger partial charge in [0.05, 0.1) is 0 Å². The molecule has 0 bridgehead atoms. The van der Waals surface area contributed by atoms with Crippen molar-refractivity contribution in [3.05, 3.63) is 35.9 Å². The van der Waals surface area contributed by atoms with E-state index in [1.807, 2.05) is 25.8 Å². The van der Waals surface area contributed by atoms with Crippen LogP contribution in [0.2, 0.25) is 0 Å². The number of aromatic nitrogens is 4. The zero-order chi connectivity index (χ0) is 17.4. The van der Waals surface area contributed by atoms with Crippen molar-refractivity contribution in [2.24, 2.45) is 0 Å². The highest BCUT2D eigenvalue weighted by molar-refractivity contribution is 5.88. The van der Waals surface area contributed by atoms with Gasteiger partial charge in [0.2, 0.25) is 5.82 Å². The zero-order valence-electron chi connectivity index (χ0n) is 13.4. The standard InChI is InChI=1S/C16H16FN5O2/c1-8(2)22(3)15-11(9-4-6-10(17)7-5-9)18-12-13(21-15)20-14(19-12)16(23)24/h4-8H,1-3H3,(H,23,24)(H,18,19,20,21). The summed E-state index contributed by atoms with van der Waals surface area (Å²) in [6.07, 6.45) is 0. The highest BCUT2D eigenvalue weighted by Gasteiger charge is 2.20. The predicted molar refractivity (Wildman–Crippen MR) is 87.6 cm³/mol. The van der Waals surface area contributed by atoms with Gasteiger partial charge in [0.15, 0.2) is 17.1 Å². The number of rotatable bonds is 4. The molecule has 24 heavy (non-hydrogen) atoms. The number of nitrogens with one attached hydrogen (secondary N) is 1. The Kier molecular flexibility index (Phi) is 3.88. The summed E-state index contributed by atoms with van der Waals surface area (Å²) in [6, 6.07) is 6.04. The summed E-state index contributed by atoms with van der Waals surface area (Å²) in [5.41, 5.74) is 1.70. The van der Waals surface area contributed by atoms with E-state index in [-0.39, 0.29) is 29.0 Å². The molecule has 0 amide bonds. The van der Waals surface area contributed by atoms with Gasteiger partial charge in [0, 0.05) is 18.7 Å². The largest absolute Gasteiger partial charge is 0.475 e. The molecule has 0 saturated carbocycles. The number of benzene rings is 1. The predicted octanol–water partition coefficient (Wildman–Crippen LogP) is 2.70. The van der Waals surface area contributed by atoms with E-state index in [1.165, 1.54) is 12.1 Å². The number of H-pyrrole nitrogens is 1. The van der Waals surface area contributed by atoms with Crippen LogP contribution in [0.4, 0.5) is 10.2 Å². The summed E-state index contributed by atoms with van der Waals surface area (Å²) in [4.78, 5) is 28.5. The van der Waals surface area contributed by atoms with Gasteiger partial charge in [-0.05, 0) is 38.1 Å². The zero-order valence-corrected chi connectivity index (χ0v) is 13.4. The topological polar surface area (TPSA) is 95.0 Å². The van der Waals surface area contributed by atoms with Crippen LogP contribution < -0.4 is 4.90 Å². The number of aromatic carboxylic acids is 1. The van der Waals surface area contributed by atoms with Crippen LogP contribution in [0, 0.1) is 5.82 Å². The molecule has 124 valence electrons. The van der Waals surface area contributed by atoms with Gasteiger partial charge < -0.3 is 15.0 Å². The summed E-state index contributed by atoms with van der Waals surface area (Å²) in [5, 5.41) is 9.07. The lowest BCUT2D eigenvalue weighted by atomic mass is 10.1. The maximum Gasteiger partial charge on any atom is 0.372 e. The van der Waals surface area contributed by atoms with Gasteiger partial charge >= 0.3 is 5.97 Å². The van der Waals surface area contributed by atoms with Crippen molar-refractivity contribution < 1.29 is 14.3 Å². The summed E-state index contributed by atoms with van der Waals surface area (Å²) in [6.45, 7) is 3.99. The van der Waals surface area contributed by atoms with Crippen LogP contribution in [0.1, 0.15) is 24.5 Å². The average Bonchev–Trinajstić information content (AvgIpc) is 2.97. The van der Waals surface area contributed by atoms with Gasteiger partial charge in [-0.15, -0.1) is 0 Å². The molecule has 0 atom stereocenters. The molecular formula is C16H16FN5O2. The van der Waals surface area contributed by atoms with E-state index in [1.54, 1.807) is 12.1 Å². The number of halogens is 1. The number of hydrogen-bond acceptors (Lipinski definition) is 5. The minimum absolute atomic E-state index is 0.133. The second-order valence-corrected chi connectivity index (χ2v) is 5.67. The van der Waals surface area contributed by atoms with Crippen molar-refractivity contribution in [1.82, 2.24) is 19.9 Å². The van der Waals surface area contributed by atoms with Gasteiger partial charge in [0.1, 0.15) is 11.5 Å². The van der Waals surface area contributed by atoms with E-state index in [2.05, 4.69) is 19.9 Å². The molecule has 8 heteroatoms. The van der Waals surface area contributed by atoms with E-state index < -0.39 is 5.97 Å². The van der Waals surface area contributed by atoms with Gasteiger partial charge in [-0.2, -0.15) is 0 Å². The lowest BCUT2D eigenvalue weighted by Gasteiger charge is -2.24. The van der Waals surface area contributed by atoms with Crippen LogP contribution in [0.15, 0.2) is 24.3 Å². The third kappa shape index (κ3) is 2.78. The third-order valence-electron chi connectivity index (χ3n) is 3.74. The van der Waals surface area contributed by atoms with Crippen molar-refractivity contribution in [3.63, 3.8) is 0 Å². The smallest absolute Gasteiger partial charge is 0.372 e. The second-order valence-electron chi connectivity index (χ2n) is 5.67. The van der Waals surface area contributed by atoms with Crippen molar-refractivity contribution in [2.45, 2.75) is 19.9 Å². The van der Waals surface area contributed by atoms with Crippen LogP contribution in [0.3, 0.4) is 0 Å². The summed E-state index contributed by atoms with van der Waals surface area (Å²) in [7, 11) is 1.86. The van der Waals surface area contributed by atoms with Gasteiger partial charge in [-0.3, -0.25) is 0 Å². The van der Waals surface area contributed by atoms with E-state index >= 15 is 0 Å². The van der Waals surface area contributed by atoms with E-state index in [4.69, 9.17) is 5.11 Å². The maximum absolute atomic E-state index is 13.2. The van der Waals surface area contributed by atoms with Crippen molar-refractivity contribution >= 4 is 23.1 Å². The highest BCUT2D eigenvalue weighted by atomic mass is 19.1. The molecule has 0 unspecified atom stereocenters. The number of carboxylic acid groups (broad SMARTS) is 1. The highest BCUT2D eigenvalue weighted by Crippen LogP contribution is 2.29. The SMILES string of the molecule is CC(C)N(C)c1nc2nc(C(=O)O)[nH]c2nc1-c1ccc(F)cc1. The molecule has 3 aromatic rings. The normalized spacial score (nSPS) is 11.2. The number of carbonyl (C=O) groups is 1. The van der Waals surface area contributed by atoms with Crippen molar-refractivity contribution in [1.29, 1.82) is 0 Å². The molecule has 0 aliphatic heterocycles. The van der Waals surface area contributed by atoms with E-state index in [0.29, 0.717) is 17.1 Å². The van der Waals surface area contributed by atoms with Crippen LogP contribution in [-0.4, -0.2) is 44.1 Å². The Bertz CT molecular complexity index is 905. The fraction of sp³-hybridized carbons (Fsp3) is 0.250. The number of aromatic amines is 1. The number of nitrogens with zero attached hydrogens (tertiary/aromatic N) is 4. The number of hydrogen-bond donors (Lipinski definition) is 2. The van der Waals surface area contributed by atoms with Crippen molar-refractivity contribution in [3.8, 4) is 11.3 Å². The quantitative estimate of drug-likeness (QED) is 0.764. The lowest BCUT2D eigenvalue weighted by Crippen LogP contribution is -2.27. The first kappa shape index (κ1) is 15.9. The Morgan fingerprint density at radius 1 is 1.21 bits per heavy atom. The van der Waals surface area contributed by atoms with Gasteiger partial charge in [-0.25, -0.2) is 24.1 Å². The molecule has 0 saturated heterocycles. The lowest BCUT2D eigenvalue weighted by molar-refractivity contribution is 0.0685. The monoisotopic (exact) mass is 329 g/mol. The number of anilines is 1. The summed E-state index contributed by atoms with van der Waals surface area (Å²) >= 11 is 0. The molecule has 2 heterocycles. The number of fused-ring (bicyclic) bond motifs is 1. The molecule has 7 nitrogen and oxygen atoms in total. The molecular weight excluding hydrogens is 313 g/mol. The first-order chi connectivity index (χ1) is 11.4. The minimum atomic E-state index is -1.18. The first-order valence-electron chi connectivity index (χ1n) is 7.36. The number of carboxylic acids is 1. The van der Waals surface area contributed by atoms with Gasteiger partial charge in [0.25, 0.3) is 0 Å². The van der Waals surface area contributed by atoms with Crippen LogP contribution in [-0.2, 0) is 0 Å². The Balaban J connectivity index is 2.25. The fourth-order valence-corrected chi connectivity index (χ4v) is 2.22. The first-order valence-corrected chi connectivity index (χ1v) is 7.36. The Morgan fingerprint density at radius 2 is 1.88 bits per heavy atom. The molecule has 0 aliphatic carbocycles. The molecule has 0 aliphatic rings. The molecule has 0 fully saturated rings. The molecule has 0 spiro atoms. The fourth-order valence-electron chi connectivity index (χ4n) is 2.22. The Morgan fingerprint density at radius 3 is 2.46 bits per heavy atom. The average molecular weight is 329 g/mol. The molecule has 2 N–H and O–H groups in total. The number of imidazole rings is 1. The van der Waals surface area contributed by atoms with E-state index in [9.17, 15) is 9.18 Å². The maximum atomic E-state index is 13.2.